The highest BCUT2D eigenvalue weighted by Crippen LogP contribution is 2.18. The second kappa shape index (κ2) is 4.96. The molecular weight excluding hydrogens is 274 g/mol. The van der Waals surface area contributed by atoms with E-state index in [9.17, 15) is 9.59 Å². The molecule has 0 saturated carbocycles. The summed E-state index contributed by atoms with van der Waals surface area (Å²) in [6.45, 7) is 1.91. The zero-order valence-electron chi connectivity index (χ0n) is 9.51. The van der Waals surface area contributed by atoms with Gasteiger partial charge in [0.25, 0.3) is 0 Å². The summed E-state index contributed by atoms with van der Waals surface area (Å²) in [5, 5.41) is 9.52. The van der Waals surface area contributed by atoms with E-state index in [1.54, 1.807) is 19.1 Å². The highest BCUT2D eigenvalue weighted by Gasteiger charge is 2.17. The van der Waals surface area contributed by atoms with Crippen molar-refractivity contribution in [1.29, 1.82) is 0 Å². The molecule has 0 unspecified atom stereocenters. The first-order valence-electron chi connectivity index (χ1n) is 5.17. The van der Waals surface area contributed by atoms with Gasteiger partial charge in [-0.2, -0.15) is 0 Å². The summed E-state index contributed by atoms with van der Waals surface area (Å²) in [4.78, 5) is 22.5. The molecule has 0 saturated heterocycles. The Bertz CT molecular complexity index is 660. The predicted molar refractivity (Wildman–Crippen MR) is 70.8 cm³/mol. The summed E-state index contributed by atoms with van der Waals surface area (Å²) in [5.41, 5.74) is 1.25. The Labute approximate surface area is 112 Å². The molecule has 4 nitrogen and oxygen atoms in total. The molecule has 18 heavy (non-hydrogen) atoms. The van der Waals surface area contributed by atoms with Crippen molar-refractivity contribution in [3.63, 3.8) is 0 Å². The monoisotopic (exact) mass is 283 g/mol. The first-order chi connectivity index (χ1) is 8.50. The van der Waals surface area contributed by atoms with Crippen LogP contribution in [0.15, 0.2) is 29.1 Å². The summed E-state index contributed by atoms with van der Waals surface area (Å²) in [6, 6.07) is 7.18. The summed E-state index contributed by atoms with van der Waals surface area (Å²) in [7, 11) is 0. The normalized spacial score (nSPS) is 10.6. The fourth-order valence-corrected chi connectivity index (χ4v) is 2.68. The largest absolute Gasteiger partial charge is 0.477 e. The van der Waals surface area contributed by atoms with Crippen LogP contribution in [0.3, 0.4) is 0 Å². The van der Waals surface area contributed by atoms with Gasteiger partial charge in [0.2, 0.25) is 0 Å². The number of carbonyl (C=O) groups is 1. The molecule has 0 bridgehead atoms. The number of hydrogen-bond acceptors (Lipinski definition) is 3. The minimum atomic E-state index is -1.08. The van der Waals surface area contributed by atoms with Crippen molar-refractivity contribution in [3.8, 4) is 0 Å². The van der Waals surface area contributed by atoms with E-state index >= 15 is 0 Å². The van der Waals surface area contributed by atoms with Crippen LogP contribution in [0.1, 0.15) is 20.9 Å². The molecule has 0 radical (unpaired) electrons. The first-order valence-corrected chi connectivity index (χ1v) is 6.37. The fourth-order valence-electron chi connectivity index (χ4n) is 1.65. The highest BCUT2D eigenvalue weighted by atomic mass is 35.5. The molecule has 6 heteroatoms. The molecular formula is C12H10ClNO3S. The van der Waals surface area contributed by atoms with Crippen molar-refractivity contribution < 1.29 is 9.90 Å². The molecule has 94 valence electrons. The number of benzene rings is 1. The quantitative estimate of drug-likeness (QED) is 0.942. The van der Waals surface area contributed by atoms with Crippen molar-refractivity contribution in [1.82, 2.24) is 4.57 Å². The van der Waals surface area contributed by atoms with Crippen LogP contribution in [0.25, 0.3) is 0 Å². The third-order valence-corrected chi connectivity index (χ3v) is 4.06. The number of aromatic carboxylic acids is 1. The molecule has 1 aromatic carbocycles. The van der Waals surface area contributed by atoms with Gasteiger partial charge in [-0.05, 0) is 18.6 Å². The van der Waals surface area contributed by atoms with Crippen molar-refractivity contribution in [2.24, 2.45) is 0 Å². The van der Waals surface area contributed by atoms with E-state index in [0.717, 1.165) is 16.9 Å². The maximum Gasteiger partial charge on any atom is 0.347 e. The summed E-state index contributed by atoms with van der Waals surface area (Å²) < 4.78 is 1.43. The number of nitrogens with zero attached hydrogens (tertiary/aromatic N) is 1. The lowest BCUT2D eigenvalue weighted by atomic mass is 10.2. The summed E-state index contributed by atoms with van der Waals surface area (Å²) >= 11 is 6.76. The Balaban J connectivity index is 2.45. The van der Waals surface area contributed by atoms with Crippen molar-refractivity contribution in [2.45, 2.75) is 13.5 Å². The third-order valence-electron chi connectivity index (χ3n) is 2.62. The molecule has 2 aromatic rings. The van der Waals surface area contributed by atoms with Gasteiger partial charge in [-0.25, -0.2) is 4.79 Å². The molecule has 2 rings (SSSR count). The number of aromatic nitrogens is 1. The first kappa shape index (κ1) is 12.9. The van der Waals surface area contributed by atoms with Crippen molar-refractivity contribution >= 4 is 28.9 Å². The lowest BCUT2D eigenvalue weighted by Crippen LogP contribution is -2.15. The molecule has 0 aliphatic carbocycles. The standard InChI is InChI=1S/C12H10ClNO3S/c1-7-10(11(15)16)18-12(17)14(7)6-8-4-2-3-5-9(8)13/h2-5H,6H2,1H3,(H,15,16). The Morgan fingerprint density at radius 2 is 2.11 bits per heavy atom. The van der Waals surface area contributed by atoms with E-state index in [-0.39, 0.29) is 16.3 Å². The smallest absolute Gasteiger partial charge is 0.347 e. The number of halogens is 1. The van der Waals surface area contributed by atoms with E-state index in [1.165, 1.54) is 4.57 Å². The second-order valence-corrected chi connectivity index (χ2v) is 5.13. The number of rotatable bonds is 3. The van der Waals surface area contributed by atoms with Gasteiger partial charge in [-0.15, -0.1) is 0 Å². The Morgan fingerprint density at radius 1 is 1.44 bits per heavy atom. The van der Waals surface area contributed by atoms with Gasteiger partial charge in [0.15, 0.2) is 0 Å². The maximum absolute atomic E-state index is 11.8. The van der Waals surface area contributed by atoms with Gasteiger partial charge in [-0.1, -0.05) is 41.1 Å². The number of carboxylic acid groups (broad SMARTS) is 1. The van der Waals surface area contributed by atoms with E-state index in [4.69, 9.17) is 16.7 Å². The Morgan fingerprint density at radius 3 is 2.67 bits per heavy atom. The molecule has 0 spiro atoms. The molecule has 0 amide bonds. The molecule has 0 aliphatic rings. The third kappa shape index (κ3) is 2.32. The van der Waals surface area contributed by atoms with Crippen LogP contribution >= 0.6 is 22.9 Å². The van der Waals surface area contributed by atoms with Gasteiger partial charge in [0, 0.05) is 10.7 Å². The van der Waals surface area contributed by atoms with E-state index in [2.05, 4.69) is 0 Å². The molecule has 1 heterocycles. The minimum absolute atomic E-state index is 0.0760. The topological polar surface area (TPSA) is 59.3 Å². The Kier molecular flexibility index (Phi) is 3.54. The van der Waals surface area contributed by atoms with Crippen molar-refractivity contribution in [2.75, 3.05) is 0 Å². The fraction of sp³-hybridized carbons (Fsp3) is 0.167. The van der Waals surface area contributed by atoms with Gasteiger partial charge >= 0.3 is 10.8 Å². The van der Waals surface area contributed by atoms with Crippen LogP contribution in [-0.2, 0) is 6.54 Å². The second-order valence-electron chi connectivity index (χ2n) is 3.77. The van der Waals surface area contributed by atoms with Gasteiger partial charge in [-0.3, -0.25) is 9.36 Å². The van der Waals surface area contributed by atoms with Gasteiger partial charge in [0.1, 0.15) is 4.88 Å². The molecule has 0 fully saturated rings. The van der Waals surface area contributed by atoms with Gasteiger partial charge in [0.05, 0.1) is 6.54 Å². The average Bonchev–Trinajstić information content (AvgIpc) is 2.60. The maximum atomic E-state index is 11.8. The highest BCUT2D eigenvalue weighted by molar-refractivity contribution is 7.11. The zero-order chi connectivity index (χ0) is 13.3. The summed E-state index contributed by atoms with van der Waals surface area (Å²) in [5.74, 6) is -1.08. The van der Waals surface area contributed by atoms with Crippen LogP contribution in [0, 0.1) is 6.92 Å². The van der Waals surface area contributed by atoms with Crippen molar-refractivity contribution in [3.05, 3.63) is 55.1 Å². The van der Waals surface area contributed by atoms with Crippen LogP contribution in [0.4, 0.5) is 0 Å². The van der Waals surface area contributed by atoms with E-state index in [0.29, 0.717) is 10.7 Å². The van der Waals surface area contributed by atoms with Crippen LogP contribution in [0.2, 0.25) is 5.02 Å². The number of carboxylic acids is 1. The van der Waals surface area contributed by atoms with E-state index < -0.39 is 5.97 Å². The average molecular weight is 284 g/mol. The molecule has 0 aliphatic heterocycles. The molecule has 1 aromatic heterocycles. The minimum Gasteiger partial charge on any atom is -0.477 e. The lowest BCUT2D eigenvalue weighted by Gasteiger charge is -2.06. The predicted octanol–water partition coefficient (Wildman–Crippen LogP) is 2.62. The Hall–Kier alpha value is -1.59. The SMILES string of the molecule is Cc1c(C(=O)O)sc(=O)n1Cc1ccccc1Cl. The summed E-state index contributed by atoms with van der Waals surface area (Å²) in [6.07, 6.45) is 0. The van der Waals surface area contributed by atoms with Crippen LogP contribution in [0.5, 0.6) is 0 Å². The number of hydrogen-bond donors (Lipinski definition) is 1. The number of thiazole rings is 1. The molecule has 0 atom stereocenters. The zero-order valence-corrected chi connectivity index (χ0v) is 11.1. The van der Waals surface area contributed by atoms with Crippen LogP contribution < -0.4 is 4.87 Å². The lowest BCUT2D eigenvalue weighted by molar-refractivity contribution is 0.0701. The van der Waals surface area contributed by atoms with E-state index in [1.807, 2.05) is 12.1 Å². The molecule has 1 N–H and O–H groups in total. The van der Waals surface area contributed by atoms with Gasteiger partial charge < -0.3 is 5.11 Å². The van der Waals surface area contributed by atoms with Crippen LogP contribution in [-0.4, -0.2) is 15.6 Å².